The van der Waals surface area contributed by atoms with E-state index < -0.39 is 0 Å². The third-order valence-corrected chi connectivity index (χ3v) is 7.39. The van der Waals surface area contributed by atoms with Crippen LogP contribution in [0, 0.1) is 5.92 Å². The first-order chi connectivity index (χ1) is 15.6. The highest BCUT2D eigenvalue weighted by molar-refractivity contribution is 7.22. The van der Waals surface area contributed by atoms with Gasteiger partial charge in [0.05, 0.1) is 6.10 Å². The number of carbonyl (C=O) groups excluding carboxylic acids is 2. The van der Waals surface area contributed by atoms with Gasteiger partial charge in [0.15, 0.2) is 10.8 Å². The van der Waals surface area contributed by atoms with Crippen molar-refractivity contribution in [3.05, 3.63) is 16.7 Å². The number of piperidine rings is 1. The van der Waals surface area contributed by atoms with Crippen molar-refractivity contribution in [1.82, 2.24) is 25.2 Å². The van der Waals surface area contributed by atoms with E-state index in [4.69, 9.17) is 4.74 Å². The fourth-order valence-corrected chi connectivity index (χ4v) is 5.23. The second-order valence-corrected chi connectivity index (χ2v) is 9.79. The Labute approximate surface area is 189 Å². The smallest absolute Gasteiger partial charge is 0.273 e. The number of hydrogen-bond donors (Lipinski definition) is 2. The average Bonchev–Trinajstić information content (AvgIpc) is 3.27. The fourth-order valence-electron chi connectivity index (χ4n) is 4.21. The number of thiazole rings is 1. The molecule has 2 aromatic heterocycles. The standard InChI is InChI=1S/C21H28N6O4S/c28-16(22-10-15-2-1-9-31-15)11-27-12-23-18-17(20(27)30)32-21(25-18)26-7-5-13(6-8-26)19(29)24-14-3-4-14/h12-15H,1-11H2,(H,22,28)(H,24,29). The molecule has 172 valence electrons. The van der Waals surface area contributed by atoms with Crippen LogP contribution in [-0.2, 0) is 20.9 Å². The van der Waals surface area contributed by atoms with E-state index in [0.29, 0.717) is 22.9 Å². The molecule has 32 heavy (non-hydrogen) atoms. The van der Waals surface area contributed by atoms with Crippen LogP contribution >= 0.6 is 11.3 Å². The van der Waals surface area contributed by atoms with Gasteiger partial charge in [-0.3, -0.25) is 19.0 Å². The maximum Gasteiger partial charge on any atom is 0.273 e. The number of hydrogen-bond acceptors (Lipinski definition) is 8. The molecule has 5 rings (SSSR count). The van der Waals surface area contributed by atoms with Gasteiger partial charge in [-0.2, -0.15) is 4.98 Å². The highest BCUT2D eigenvalue weighted by Gasteiger charge is 2.31. The topological polar surface area (TPSA) is 118 Å². The van der Waals surface area contributed by atoms with E-state index in [1.54, 1.807) is 0 Å². The van der Waals surface area contributed by atoms with Gasteiger partial charge in [-0.15, -0.1) is 0 Å². The number of nitrogens with one attached hydrogen (secondary N) is 2. The monoisotopic (exact) mass is 460 g/mol. The highest BCUT2D eigenvalue weighted by atomic mass is 32.1. The molecule has 1 atom stereocenters. The molecule has 1 unspecified atom stereocenters. The predicted octanol–water partition coefficient (Wildman–Crippen LogP) is 0.643. The number of fused-ring (bicyclic) bond motifs is 1. The molecule has 4 heterocycles. The summed E-state index contributed by atoms with van der Waals surface area (Å²) in [6, 6.07) is 0.385. The lowest BCUT2D eigenvalue weighted by Gasteiger charge is -2.30. The summed E-state index contributed by atoms with van der Waals surface area (Å²) in [7, 11) is 0. The number of carbonyl (C=O) groups is 2. The van der Waals surface area contributed by atoms with Crippen molar-refractivity contribution in [3.63, 3.8) is 0 Å². The summed E-state index contributed by atoms with van der Waals surface area (Å²) in [5, 5.41) is 6.66. The fraction of sp³-hybridized carbons (Fsp3) is 0.667. The van der Waals surface area contributed by atoms with Gasteiger partial charge in [0, 0.05) is 38.2 Å². The zero-order valence-corrected chi connectivity index (χ0v) is 18.7. The Morgan fingerprint density at radius 3 is 2.72 bits per heavy atom. The van der Waals surface area contributed by atoms with E-state index in [0.717, 1.165) is 63.4 Å². The van der Waals surface area contributed by atoms with Crippen molar-refractivity contribution in [2.24, 2.45) is 5.92 Å². The molecule has 1 aliphatic carbocycles. The van der Waals surface area contributed by atoms with Crippen LogP contribution in [0.15, 0.2) is 11.1 Å². The van der Waals surface area contributed by atoms with Crippen LogP contribution in [0.1, 0.15) is 38.5 Å². The Hall–Kier alpha value is -2.53. The predicted molar refractivity (Wildman–Crippen MR) is 120 cm³/mol. The minimum absolute atomic E-state index is 0.0460. The van der Waals surface area contributed by atoms with Crippen LogP contribution in [0.2, 0.25) is 0 Å². The minimum Gasteiger partial charge on any atom is -0.376 e. The molecule has 2 saturated heterocycles. The summed E-state index contributed by atoms with van der Waals surface area (Å²) in [6.45, 7) is 2.57. The van der Waals surface area contributed by atoms with E-state index in [1.165, 1.54) is 22.2 Å². The highest BCUT2D eigenvalue weighted by Crippen LogP contribution is 2.30. The van der Waals surface area contributed by atoms with Crippen LogP contribution in [0.4, 0.5) is 5.13 Å². The summed E-state index contributed by atoms with van der Waals surface area (Å²) in [5.41, 5.74) is 0.143. The van der Waals surface area contributed by atoms with Crippen molar-refractivity contribution in [2.75, 3.05) is 31.1 Å². The first-order valence-electron chi connectivity index (χ1n) is 11.4. The van der Waals surface area contributed by atoms with E-state index >= 15 is 0 Å². The first-order valence-corrected chi connectivity index (χ1v) is 12.2. The third-order valence-electron chi connectivity index (χ3n) is 6.30. The van der Waals surface area contributed by atoms with Gasteiger partial charge in [-0.05, 0) is 38.5 Å². The summed E-state index contributed by atoms with van der Waals surface area (Å²) >= 11 is 1.30. The summed E-state index contributed by atoms with van der Waals surface area (Å²) in [6.07, 6.45) is 7.14. The molecule has 3 fully saturated rings. The lowest BCUT2D eigenvalue weighted by atomic mass is 9.96. The van der Waals surface area contributed by atoms with Crippen LogP contribution in [0.5, 0.6) is 0 Å². The van der Waals surface area contributed by atoms with E-state index in [9.17, 15) is 14.4 Å². The maximum atomic E-state index is 12.9. The third kappa shape index (κ3) is 4.78. The molecule has 0 spiro atoms. The normalized spacial score (nSPS) is 21.8. The van der Waals surface area contributed by atoms with Crippen molar-refractivity contribution in [3.8, 4) is 0 Å². The second kappa shape index (κ2) is 9.14. The van der Waals surface area contributed by atoms with Crippen molar-refractivity contribution in [2.45, 2.75) is 57.2 Å². The van der Waals surface area contributed by atoms with Crippen LogP contribution in [0.3, 0.4) is 0 Å². The Balaban J connectivity index is 1.20. The largest absolute Gasteiger partial charge is 0.376 e. The Kier molecular flexibility index (Phi) is 6.09. The molecule has 0 bridgehead atoms. The van der Waals surface area contributed by atoms with Crippen molar-refractivity contribution in [1.29, 1.82) is 0 Å². The lowest BCUT2D eigenvalue weighted by molar-refractivity contribution is -0.125. The SMILES string of the molecule is O=C(Cn1cnc2nc(N3CCC(C(=O)NC4CC4)CC3)sc2c1=O)NCC1CCCO1. The van der Waals surface area contributed by atoms with Gasteiger partial charge in [-0.1, -0.05) is 11.3 Å². The maximum absolute atomic E-state index is 12.9. The number of amides is 2. The zero-order valence-electron chi connectivity index (χ0n) is 17.9. The van der Waals surface area contributed by atoms with E-state index in [2.05, 4.69) is 25.5 Å². The number of ether oxygens (including phenoxy) is 1. The van der Waals surface area contributed by atoms with Gasteiger partial charge >= 0.3 is 0 Å². The second-order valence-electron chi connectivity index (χ2n) is 8.81. The van der Waals surface area contributed by atoms with Crippen LogP contribution < -0.4 is 21.1 Å². The van der Waals surface area contributed by atoms with Gasteiger partial charge in [0.1, 0.15) is 17.6 Å². The molecule has 11 heteroatoms. The zero-order chi connectivity index (χ0) is 22.1. The van der Waals surface area contributed by atoms with Crippen molar-refractivity contribution < 1.29 is 14.3 Å². The molecular weight excluding hydrogens is 432 g/mol. The molecule has 2 aromatic rings. The summed E-state index contributed by atoms with van der Waals surface area (Å²) in [4.78, 5) is 48.4. The Morgan fingerprint density at radius 1 is 1.19 bits per heavy atom. The Morgan fingerprint density at radius 2 is 2.00 bits per heavy atom. The molecule has 2 N–H and O–H groups in total. The molecule has 2 aliphatic heterocycles. The van der Waals surface area contributed by atoms with Gasteiger partial charge in [0.2, 0.25) is 11.8 Å². The number of rotatable bonds is 7. The van der Waals surface area contributed by atoms with Crippen LogP contribution in [-0.4, -0.2) is 64.7 Å². The Bertz CT molecular complexity index is 1050. The number of nitrogens with zero attached hydrogens (tertiary/aromatic N) is 4. The van der Waals surface area contributed by atoms with E-state index in [-0.39, 0.29) is 35.9 Å². The molecule has 2 amide bonds. The van der Waals surface area contributed by atoms with Gasteiger partial charge in [0.25, 0.3) is 5.56 Å². The molecule has 0 radical (unpaired) electrons. The van der Waals surface area contributed by atoms with Crippen molar-refractivity contribution >= 4 is 38.6 Å². The molecule has 0 aromatic carbocycles. The summed E-state index contributed by atoms with van der Waals surface area (Å²) < 4.78 is 7.28. The first kappa shape index (κ1) is 21.3. The lowest BCUT2D eigenvalue weighted by Crippen LogP contribution is -2.41. The minimum atomic E-state index is -0.260. The molecule has 3 aliphatic rings. The molecular formula is C21H28N6O4S. The number of aromatic nitrogens is 3. The van der Waals surface area contributed by atoms with E-state index in [1.807, 2.05) is 0 Å². The molecule has 1 saturated carbocycles. The summed E-state index contributed by atoms with van der Waals surface area (Å²) in [5.74, 6) is -0.0245. The van der Waals surface area contributed by atoms with Crippen LogP contribution in [0.25, 0.3) is 10.3 Å². The quantitative estimate of drug-likeness (QED) is 0.623. The van der Waals surface area contributed by atoms with Gasteiger partial charge in [-0.25, -0.2) is 4.98 Å². The molecule has 10 nitrogen and oxygen atoms in total. The van der Waals surface area contributed by atoms with Gasteiger partial charge < -0.3 is 20.3 Å². The number of anilines is 1. The average molecular weight is 461 g/mol.